The van der Waals surface area contributed by atoms with Crippen molar-refractivity contribution in [2.24, 2.45) is 5.41 Å². The minimum atomic E-state index is -0.125. The Balaban J connectivity index is 2.75. The molecule has 0 aliphatic rings. The first kappa shape index (κ1) is 14.7. The monoisotopic (exact) mass is 275 g/mol. The summed E-state index contributed by atoms with van der Waals surface area (Å²) in [6.07, 6.45) is 2.20. The number of nitrogens with zero attached hydrogens (tertiary/aromatic N) is 2. The van der Waals surface area contributed by atoms with Crippen molar-refractivity contribution in [1.29, 1.82) is 0 Å². The molecule has 0 spiro atoms. The van der Waals surface area contributed by atoms with Crippen molar-refractivity contribution >= 4 is 24.4 Å². The third kappa shape index (κ3) is 3.31. The van der Waals surface area contributed by atoms with Gasteiger partial charge in [0.2, 0.25) is 0 Å². The lowest BCUT2D eigenvalue weighted by molar-refractivity contribution is 0.357. The van der Waals surface area contributed by atoms with Gasteiger partial charge in [-0.25, -0.2) is 9.89 Å². The van der Waals surface area contributed by atoms with E-state index in [0.717, 1.165) is 29.5 Å². The zero-order valence-electron chi connectivity index (χ0n) is 10.7. The molecule has 0 amide bonds. The number of thioether (sulfide) groups is 1. The van der Waals surface area contributed by atoms with Crippen molar-refractivity contribution in [3.63, 3.8) is 0 Å². The van der Waals surface area contributed by atoms with Gasteiger partial charge in [0, 0.05) is 12.3 Å². The average molecular weight is 275 g/mol. The van der Waals surface area contributed by atoms with Crippen molar-refractivity contribution in [2.45, 2.75) is 45.3 Å². The molecule has 0 aromatic carbocycles. The molecule has 0 aliphatic heterocycles. The van der Waals surface area contributed by atoms with Gasteiger partial charge in [0.05, 0.1) is 0 Å². The zero-order valence-corrected chi connectivity index (χ0v) is 12.4. The lowest BCUT2D eigenvalue weighted by Gasteiger charge is -2.29. The van der Waals surface area contributed by atoms with Crippen LogP contribution in [0.15, 0.2) is 9.95 Å². The smallest absolute Gasteiger partial charge is 0.270 e. The molecule has 0 aliphatic carbocycles. The predicted molar refractivity (Wildman–Crippen MR) is 76.1 cm³/mol. The SMILES string of the molecule is CCn1c(SCC(CC)(CC)CS)n[nH]c1=O. The summed E-state index contributed by atoms with van der Waals surface area (Å²) in [6, 6.07) is 0. The number of H-pyrrole nitrogens is 1. The molecule has 0 fully saturated rings. The molecule has 1 aromatic heterocycles. The number of aromatic nitrogens is 3. The normalized spacial score (nSPS) is 12.0. The molecule has 0 radical (unpaired) electrons. The van der Waals surface area contributed by atoms with Gasteiger partial charge in [-0.3, -0.25) is 4.57 Å². The lowest BCUT2D eigenvalue weighted by atomic mass is 9.87. The predicted octanol–water partition coefficient (Wildman–Crippen LogP) is 2.42. The number of aromatic amines is 1. The largest absolute Gasteiger partial charge is 0.343 e. The average Bonchev–Trinajstić information content (AvgIpc) is 2.72. The Morgan fingerprint density at radius 1 is 1.41 bits per heavy atom. The van der Waals surface area contributed by atoms with Crippen LogP contribution in [-0.4, -0.2) is 26.3 Å². The fourth-order valence-electron chi connectivity index (χ4n) is 1.63. The van der Waals surface area contributed by atoms with Gasteiger partial charge in [0.1, 0.15) is 0 Å². The molecular weight excluding hydrogens is 254 g/mol. The van der Waals surface area contributed by atoms with Crippen molar-refractivity contribution in [3.05, 3.63) is 10.5 Å². The van der Waals surface area contributed by atoms with E-state index in [9.17, 15) is 4.79 Å². The van der Waals surface area contributed by atoms with Crippen LogP contribution in [0.4, 0.5) is 0 Å². The van der Waals surface area contributed by atoms with Gasteiger partial charge in [-0.1, -0.05) is 25.6 Å². The van der Waals surface area contributed by atoms with E-state index in [1.54, 1.807) is 16.3 Å². The zero-order chi connectivity index (χ0) is 12.9. The first-order valence-corrected chi connectivity index (χ1v) is 7.63. The summed E-state index contributed by atoms with van der Waals surface area (Å²) in [5.74, 6) is 1.82. The van der Waals surface area contributed by atoms with Gasteiger partial charge in [0.15, 0.2) is 5.16 Å². The number of hydrogen-bond acceptors (Lipinski definition) is 4. The molecule has 0 saturated carbocycles. The van der Waals surface area contributed by atoms with Gasteiger partial charge < -0.3 is 0 Å². The topological polar surface area (TPSA) is 50.7 Å². The summed E-state index contributed by atoms with van der Waals surface area (Å²) < 4.78 is 1.67. The summed E-state index contributed by atoms with van der Waals surface area (Å²) in [7, 11) is 0. The second-order valence-corrected chi connectivity index (χ2v) is 5.47. The highest BCUT2D eigenvalue weighted by Gasteiger charge is 2.25. The van der Waals surface area contributed by atoms with E-state index in [1.807, 2.05) is 6.92 Å². The standard InChI is InChI=1S/C11H21N3OS2/c1-4-11(5-2,7-16)8-17-10-13-12-9(15)14(10)6-3/h16H,4-8H2,1-3H3,(H,12,15). The van der Waals surface area contributed by atoms with E-state index >= 15 is 0 Å². The second-order valence-electron chi connectivity index (χ2n) is 4.21. The van der Waals surface area contributed by atoms with Crippen molar-refractivity contribution in [3.8, 4) is 0 Å². The van der Waals surface area contributed by atoms with Gasteiger partial charge in [0.25, 0.3) is 0 Å². The van der Waals surface area contributed by atoms with Crippen molar-refractivity contribution in [2.75, 3.05) is 11.5 Å². The van der Waals surface area contributed by atoms with Crippen LogP contribution in [0.1, 0.15) is 33.6 Å². The van der Waals surface area contributed by atoms with Crippen LogP contribution < -0.4 is 5.69 Å². The Bertz CT molecular complexity index is 387. The summed E-state index contributed by atoms with van der Waals surface area (Å²) in [4.78, 5) is 11.4. The third-order valence-electron chi connectivity index (χ3n) is 3.38. The molecule has 0 atom stereocenters. The van der Waals surface area contributed by atoms with Crippen molar-refractivity contribution < 1.29 is 0 Å². The number of thiol groups is 1. The highest BCUT2D eigenvalue weighted by atomic mass is 32.2. The quantitative estimate of drug-likeness (QED) is 0.593. The van der Waals surface area contributed by atoms with Crippen LogP contribution in [0.25, 0.3) is 0 Å². The van der Waals surface area contributed by atoms with Crippen LogP contribution in [0.2, 0.25) is 0 Å². The summed E-state index contributed by atoms with van der Waals surface area (Å²) in [5, 5.41) is 7.33. The summed E-state index contributed by atoms with van der Waals surface area (Å²) in [6.45, 7) is 6.99. The Hall–Kier alpha value is -0.360. The minimum Gasteiger partial charge on any atom is -0.270 e. The van der Waals surface area contributed by atoms with Crippen LogP contribution in [0.5, 0.6) is 0 Å². The van der Waals surface area contributed by atoms with Crippen LogP contribution in [0.3, 0.4) is 0 Å². The highest BCUT2D eigenvalue weighted by Crippen LogP contribution is 2.34. The molecule has 1 heterocycles. The molecule has 1 N–H and O–H groups in total. The van der Waals surface area contributed by atoms with Crippen molar-refractivity contribution in [1.82, 2.24) is 14.8 Å². The molecule has 0 unspecified atom stereocenters. The number of rotatable bonds is 7. The first-order chi connectivity index (χ1) is 8.12. The van der Waals surface area contributed by atoms with Crippen LogP contribution >= 0.6 is 24.4 Å². The molecule has 6 heteroatoms. The fraction of sp³-hybridized carbons (Fsp3) is 0.818. The van der Waals surface area contributed by atoms with Gasteiger partial charge in [-0.2, -0.15) is 12.6 Å². The molecule has 4 nitrogen and oxygen atoms in total. The van der Waals surface area contributed by atoms with Crippen LogP contribution in [-0.2, 0) is 6.54 Å². The first-order valence-electron chi connectivity index (χ1n) is 6.01. The van der Waals surface area contributed by atoms with E-state index in [1.165, 1.54) is 0 Å². The molecular formula is C11H21N3OS2. The van der Waals surface area contributed by atoms with Gasteiger partial charge >= 0.3 is 5.69 Å². The fourth-order valence-corrected chi connectivity index (χ4v) is 3.77. The van der Waals surface area contributed by atoms with Crippen LogP contribution in [0, 0.1) is 5.41 Å². The molecule has 98 valence electrons. The molecule has 17 heavy (non-hydrogen) atoms. The Morgan fingerprint density at radius 3 is 2.53 bits per heavy atom. The van der Waals surface area contributed by atoms with Gasteiger partial charge in [-0.15, -0.1) is 5.10 Å². The molecule has 0 saturated heterocycles. The van der Waals surface area contributed by atoms with E-state index in [-0.39, 0.29) is 11.1 Å². The minimum absolute atomic E-state index is 0.125. The van der Waals surface area contributed by atoms with E-state index in [4.69, 9.17) is 0 Å². The lowest BCUT2D eigenvalue weighted by Crippen LogP contribution is -2.24. The molecule has 1 aromatic rings. The van der Waals surface area contributed by atoms with Gasteiger partial charge in [-0.05, 0) is 30.9 Å². The maximum atomic E-state index is 11.4. The molecule has 0 bridgehead atoms. The Labute approximate surface area is 112 Å². The highest BCUT2D eigenvalue weighted by molar-refractivity contribution is 7.99. The number of hydrogen-bond donors (Lipinski definition) is 2. The molecule has 1 rings (SSSR count). The van der Waals surface area contributed by atoms with E-state index in [2.05, 4.69) is 36.7 Å². The Morgan fingerprint density at radius 2 is 2.06 bits per heavy atom. The maximum Gasteiger partial charge on any atom is 0.343 e. The van der Waals surface area contributed by atoms with E-state index < -0.39 is 0 Å². The summed E-state index contributed by atoms with van der Waals surface area (Å²) >= 11 is 6.10. The van der Waals surface area contributed by atoms with E-state index in [0.29, 0.717) is 6.54 Å². The maximum absolute atomic E-state index is 11.4. The Kier molecular flexibility index (Phi) is 5.66. The second kappa shape index (κ2) is 6.54. The summed E-state index contributed by atoms with van der Waals surface area (Å²) in [5.41, 5.74) is 0.112. The third-order valence-corrected chi connectivity index (χ3v) is 5.38. The number of nitrogens with one attached hydrogen (secondary N) is 1.